The standard InChI is InChI=1S/C15H28N4O6/c1-15(2)24-13-11(16)9-23-12(14(13)25-15)10-22-8-7-21-6-5-20-4-3-18-19-17/h11-14H,3-10,16H2,1-2H3/t11-,12+,13+,14-/m0/s1. The quantitative estimate of drug-likeness (QED) is 0.247. The molecule has 2 aliphatic rings. The number of rotatable bonds is 11. The Morgan fingerprint density at radius 1 is 1.08 bits per heavy atom. The smallest absolute Gasteiger partial charge is 0.163 e. The first-order valence-electron chi connectivity index (χ1n) is 8.50. The van der Waals surface area contributed by atoms with Crippen molar-refractivity contribution < 1.29 is 28.4 Å². The molecule has 2 rings (SSSR count). The zero-order valence-electron chi connectivity index (χ0n) is 14.8. The molecule has 0 radical (unpaired) electrons. The maximum atomic E-state index is 8.11. The Kier molecular flexibility index (Phi) is 8.34. The Morgan fingerprint density at radius 2 is 1.72 bits per heavy atom. The van der Waals surface area contributed by atoms with Gasteiger partial charge in [0.1, 0.15) is 18.3 Å². The third kappa shape index (κ3) is 6.69. The monoisotopic (exact) mass is 360 g/mol. The van der Waals surface area contributed by atoms with Gasteiger partial charge in [0.2, 0.25) is 0 Å². The minimum absolute atomic E-state index is 0.170. The number of nitrogens with zero attached hydrogens (tertiary/aromatic N) is 3. The largest absolute Gasteiger partial charge is 0.379 e. The molecule has 2 aliphatic heterocycles. The number of hydrogen-bond acceptors (Lipinski definition) is 8. The molecule has 0 aliphatic carbocycles. The number of ether oxygens (including phenoxy) is 6. The Balaban J connectivity index is 1.52. The van der Waals surface area contributed by atoms with E-state index in [1.807, 2.05) is 13.8 Å². The third-order valence-electron chi connectivity index (χ3n) is 3.88. The molecule has 0 saturated carbocycles. The van der Waals surface area contributed by atoms with Gasteiger partial charge in [-0.05, 0) is 19.4 Å². The van der Waals surface area contributed by atoms with Gasteiger partial charge in [0.15, 0.2) is 5.79 Å². The number of hydrogen-bond donors (Lipinski definition) is 1. The van der Waals surface area contributed by atoms with Crippen LogP contribution in [0.5, 0.6) is 0 Å². The summed E-state index contributed by atoms with van der Waals surface area (Å²) in [4.78, 5) is 2.64. The van der Waals surface area contributed by atoms with Gasteiger partial charge in [0.25, 0.3) is 0 Å². The molecule has 10 nitrogen and oxygen atoms in total. The van der Waals surface area contributed by atoms with Crippen LogP contribution in [0.3, 0.4) is 0 Å². The molecule has 4 atom stereocenters. The Bertz CT molecular complexity index is 446. The average Bonchev–Trinajstić information content (AvgIpc) is 2.91. The van der Waals surface area contributed by atoms with E-state index in [0.29, 0.717) is 52.8 Å². The van der Waals surface area contributed by atoms with Gasteiger partial charge in [-0.3, -0.25) is 0 Å². The molecule has 0 unspecified atom stereocenters. The van der Waals surface area contributed by atoms with Crippen LogP contribution in [0.25, 0.3) is 10.4 Å². The second-order valence-electron chi connectivity index (χ2n) is 6.35. The van der Waals surface area contributed by atoms with E-state index in [1.165, 1.54) is 0 Å². The molecule has 25 heavy (non-hydrogen) atoms. The molecule has 0 amide bonds. The van der Waals surface area contributed by atoms with Crippen molar-refractivity contribution in [1.29, 1.82) is 0 Å². The highest BCUT2D eigenvalue weighted by molar-refractivity contribution is 4.96. The van der Waals surface area contributed by atoms with Gasteiger partial charge in [-0.2, -0.15) is 0 Å². The maximum absolute atomic E-state index is 8.11. The molecule has 2 fully saturated rings. The van der Waals surface area contributed by atoms with Crippen molar-refractivity contribution in [3.05, 3.63) is 10.4 Å². The van der Waals surface area contributed by atoms with E-state index in [0.717, 1.165) is 0 Å². The van der Waals surface area contributed by atoms with Gasteiger partial charge < -0.3 is 34.2 Å². The number of fused-ring (bicyclic) bond motifs is 1. The van der Waals surface area contributed by atoms with Crippen LogP contribution in [-0.2, 0) is 28.4 Å². The molecule has 2 saturated heterocycles. The van der Waals surface area contributed by atoms with Crippen molar-refractivity contribution in [1.82, 2.24) is 0 Å². The van der Waals surface area contributed by atoms with Crippen molar-refractivity contribution in [2.75, 3.05) is 52.8 Å². The van der Waals surface area contributed by atoms with Gasteiger partial charge in [0.05, 0.1) is 52.3 Å². The molecule has 2 heterocycles. The third-order valence-corrected chi connectivity index (χ3v) is 3.88. The molecule has 2 N–H and O–H groups in total. The highest BCUT2D eigenvalue weighted by Crippen LogP contribution is 2.34. The summed E-state index contributed by atoms with van der Waals surface area (Å²) < 4.78 is 33.7. The first-order chi connectivity index (χ1) is 12.0. The predicted octanol–water partition coefficient (Wildman–Crippen LogP) is 0.593. The van der Waals surface area contributed by atoms with Crippen LogP contribution < -0.4 is 5.73 Å². The van der Waals surface area contributed by atoms with Gasteiger partial charge in [0, 0.05) is 11.5 Å². The van der Waals surface area contributed by atoms with Crippen LogP contribution in [0, 0.1) is 0 Å². The van der Waals surface area contributed by atoms with Gasteiger partial charge in [-0.1, -0.05) is 5.11 Å². The molecule has 0 aromatic rings. The van der Waals surface area contributed by atoms with E-state index in [4.69, 9.17) is 39.7 Å². The number of azide groups is 1. The summed E-state index contributed by atoms with van der Waals surface area (Å²) in [5, 5.41) is 3.37. The highest BCUT2D eigenvalue weighted by Gasteiger charge is 2.50. The van der Waals surface area contributed by atoms with E-state index in [2.05, 4.69) is 10.0 Å². The van der Waals surface area contributed by atoms with Crippen LogP contribution in [0.1, 0.15) is 13.8 Å². The molecule has 10 heteroatoms. The van der Waals surface area contributed by atoms with E-state index in [-0.39, 0.29) is 24.4 Å². The van der Waals surface area contributed by atoms with Gasteiger partial charge in [-0.25, -0.2) is 0 Å². The van der Waals surface area contributed by atoms with Crippen molar-refractivity contribution in [2.45, 2.75) is 44.0 Å². The first-order valence-corrected chi connectivity index (χ1v) is 8.50. The lowest BCUT2D eigenvalue weighted by atomic mass is 9.99. The maximum Gasteiger partial charge on any atom is 0.163 e. The normalized spacial score (nSPS) is 30.7. The second-order valence-corrected chi connectivity index (χ2v) is 6.35. The van der Waals surface area contributed by atoms with E-state index in [1.54, 1.807) is 0 Å². The zero-order valence-corrected chi connectivity index (χ0v) is 14.8. The summed E-state index contributed by atoms with van der Waals surface area (Å²) in [7, 11) is 0. The van der Waals surface area contributed by atoms with E-state index in [9.17, 15) is 0 Å². The fraction of sp³-hybridized carbons (Fsp3) is 1.00. The number of nitrogens with two attached hydrogens (primary N) is 1. The van der Waals surface area contributed by atoms with Crippen LogP contribution in [0.15, 0.2) is 5.11 Å². The highest BCUT2D eigenvalue weighted by atomic mass is 16.8. The molecule has 0 bridgehead atoms. The first kappa shape index (κ1) is 20.3. The fourth-order valence-corrected chi connectivity index (χ4v) is 2.79. The minimum Gasteiger partial charge on any atom is -0.379 e. The summed E-state index contributed by atoms with van der Waals surface area (Å²) in [6, 6.07) is -0.190. The van der Waals surface area contributed by atoms with Gasteiger partial charge in [-0.15, -0.1) is 0 Å². The van der Waals surface area contributed by atoms with Crippen molar-refractivity contribution in [3.63, 3.8) is 0 Å². The Labute approximate surface area is 147 Å². The minimum atomic E-state index is -0.652. The lowest BCUT2D eigenvalue weighted by Crippen LogP contribution is -2.56. The lowest BCUT2D eigenvalue weighted by molar-refractivity contribution is -0.160. The van der Waals surface area contributed by atoms with Crippen LogP contribution in [-0.4, -0.2) is 82.9 Å². The zero-order chi connectivity index (χ0) is 18.1. The molecule has 0 spiro atoms. The summed E-state index contributed by atoms with van der Waals surface area (Å²) in [6.45, 7) is 7.13. The van der Waals surface area contributed by atoms with E-state index >= 15 is 0 Å². The molecular weight excluding hydrogens is 332 g/mol. The van der Waals surface area contributed by atoms with Crippen molar-refractivity contribution in [2.24, 2.45) is 10.8 Å². The van der Waals surface area contributed by atoms with Crippen LogP contribution >= 0.6 is 0 Å². The Morgan fingerprint density at radius 3 is 2.44 bits per heavy atom. The molecule has 0 aromatic carbocycles. The summed E-state index contributed by atoms with van der Waals surface area (Å²) in [6.07, 6.45) is -0.587. The average molecular weight is 360 g/mol. The van der Waals surface area contributed by atoms with E-state index < -0.39 is 5.79 Å². The summed E-state index contributed by atoms with van der Waals surface area (Å²) in [5.74, 6) is -0.652. The van der Waals surface area contributed by atoms with Crippen molar-refractivity contribution >= 4 is 0 Å². The molecular formula is C15H28N4O6. The molecule has 0 aromatic heterocycles. The SMILES string of the molecule is CC1(C)O[C@@H]2[C@H](O1)[C@@H](N)CO[C@@H]2COCCOCCOCCN=[N+]=[N-]. The Hall–Kier alpha value is -0.970. The van der Waals surface area contributed by atoms with Gasteiger partial charge >= 0.3 is 0 Å². The second kappa shape index (κ2) is 10.2. The molecule has 144 valence electrons. The predicted molar refractivity (Wildman–Crippen MR) is 88.0 cm³/mol. The summed E-state index contributed by atoms with van der Waals surface area (Å²) >= 11 is 0. The fourth-order valence-electron chi connectivity index (χ4n) is 2.79. The lowest BCUT2D eigenvalue weighted by Gasteiger charge is -2.35. The summed E-state index contributed by atoms with van der Waals surface area (Å²) in [5.41, 5.74) is 14.1. The van der Waals surface area contributed by atoms with Crippen LogP contribution in [0.2, 0.25) is 0 Å². The topological polar surface area (TPSA) is 130 Å². The van der Waals surface area contributed by atoms with Crippen molar-refractivity contribution in [3.8, 4) is 0 Å². The van der Waals surface area contributed by atoms with Crippen LogP contribution in [0.4, 0.5) is 0 Å².